The van der Waals surface area contributed by atoms with Crippen molar-refractivity contribution in [3.63, 3.8) is 0 Å². The van der Waals surface area contributed by atoms with Gasteiger partial charge in [-0.3, -0.25) is 4.79 Å². The van der Waals surface area contributed by atoms with E-state index in [1.165, 1.54) is 8.61 Å². The van der Waals surface area contributed by atoms with Crippen LogP contribution in [0.4, 0.5) is 0 Å². The topological polar surface area (TPSA) is 82.9 Å². The molecule has 1 N–H and O–H groups in total. The Morgan fingerprint density at radius 2 is 2.09 bits per heavy atom. The highest BCUT2D eigenvalue weighted by molar-refractivity contribution is 7.86. The number of piperidine rings is 1. The van der Waals surface area contributed by atoms with Crippen LogP contribution in [0, 0.1) is 5.92 Å². The zero-order valence-corrected chi connectivity index (χ0v) is 14.1. The molecule has 1 aromatic rings. The van der Waals surface area contributed by atoms with Gasteiger partial charge in [-0.1, -0.05) is 0 Å². The van der Waals surface area contributed by atoms with E-state index in [0.717, 1.165) is 19.3 Å². The van der Waals surface area contributed by atoms with Crippen molar-refractivity contribution in [2.24, 2.45) is 5.92 Å². The molecule has 8 heteroatoms. The summed E-state index contributed by atoms with van der Waals surface area (Å²) in [6.45, 7) is 1.22. The second-order valence-corrected chi connectivity index (χ2v) is 7.98. The van der Waals surface area contributed by atoms with Crippen LogP contribution in [-0.4, -0.2) is 49.6 Å². The van der Waals surface area contributed by atoms with Gasteiger partial charge in [-0.25, -0.2) is 0 Å². The molecule has 0 unspecified atom stereocenters. The van der Waals surface area contributed by atoms with Gasteiger partial charge in [0.15, 0.2) is 0 Å². The molecule has 1 aromatic heterocycles. The molecule has 3 rings (SSSR count). The predicted molar refractivity (Wildman–Crippen MR) is 84.7 cm³/mol. The standard InChI is InChI=1S/C15H23N3O4S/c1-16-15(19)12-5-2-8-17(11-12)23(20,21)18-9-3-6-13(18)14-7-4-10-22-14/h4,7,10,12-13H,2-3,5-6,8-9,11H2,1H3,(H,16,19)/t12-,13-/m1/s1. The summed E-state index contributed by atoms with van der Waals surface area (Å²) in [6.07, 6.45) is 4.58. The van der Waals surface area contributed by atoms with Crippen molar-refractivity contribution in [3.05, 3.63) is 24.2 Å². The summed E-state index contributed by atoms with van der Waals surface area (Å²) < 4.78 is 34.5. The quantitative estimate of drug-likeness (QED) is 0.889. The smallest absolute Gasteiger partial charge is 0.282 e. The molecule has 0 radical (unpaired) electrons. The Kier molecular flexibility index (Phi) is 4.74. The fourth-order valence-corrected chi connectivity index (χ4v) is 5.42. The van der Waals surface area contributed by atoms with Gasteiger partial charge in [-0.2, -0.15) is 17.0 Å². The fourth-order valence-electron chi connectivity index (χ4n) is 3.50. The largest absolute Gasteiger partial charge is 0.468 e. The molecule has 3 heterocycles. The molecule has 7 nitrogen and oxygen atoms in total. The molecule has 2 fully saturated rings. The Bertz CT molecular complexity index is 644. The molecular formula is C15H23N3O4S. The van der Waals surface area contributed by atoms with Crippen molar-refractivity contribution in [1.29, 1.82) is 0 Å². The average Bonchev–Trinajstić information content (AvgIpc) is 3.24. The van der Waals surface area contributed by atoms with E-state index < -0.39 is 10.2 Å². The normalized spacial score (nSPS) is 27.2. The van der Waals surface area contributed by atoms with E-state index in [2.05, 4.69) is 5.32 Å². The lowest BCUT2D eigenvalue weighted by atomic mass is 9.99. The molecule has 0 bridgehead atoms. The van der Waals surface area contributed by atoms with Crippen LogP contribution in [0.1, 0.15) is 37.5 Å². The SMILES string of the molecule is CNC(=O)[C@@H]1CCCN(S(=O)(=O)N2CCC[C@@H]2c2ccco2)C1. The number of carbonyl (C=O) groups is 1. The van der Waals surface area contributed by atoms with Crippen molar-refractivity contribution in [2.75, 3.05) is 26.7 Å². The van der Waals surface area contributed by atoms with E-state index in [1.54, 1.807) is 19.4 Å². The van der Waals surface area contributed by atoms with Crippen molar-refractivity contribution >= 4 is 16.1 Å². The van der Waals surface area contributed by atoms with Crippen LogP contribution >= 0.6 is 0 Å². The number of hydrogen-bond acceptors (Lipinski definition) is 4. The van der Waals surface area contributed by atoms with Gasteiger partial charge in [0.05, 0.1) is 18.2 Å². The zero-order chi connectivity index (χ0) is 16.4. The molecule has 0 aliphatic carbocycles. The molecule has 23 heavy (non-hydrogen) atoms. The van der Waals surface area contributed by atoms with E-state index in [9.17, 15) is 13.2 Å². The Morgan fingerprint density at radius 3 is 2.78 bits per heavy atom. The molecule has 2 saturated heterocycles. The lowest BCUT2D eigenvalue weighted by molar-refractivity contribution is -0.125. The fraction of sp³-hybridized carbons (Fsp3) is 0.667. The minimum absolute atomic E-state index is 0.0890. The number of hydrogen-bond donors (Lipinski definition) is 1. The maximum absolute atomic E-state index is 13.0. The second kappa shape index (κ2) is 6.62. The van der Waals surface area contributed by atoms with Crippen molar-refractivity contribution in [2.45, 2.75) is 31.7 Å². The van der Waals surface area contributed by atoms with Crippen LogP contribution < -0.4 is 5.32 Å². The summed E-state index contributed by atoms with van der Waals surface area (Å²) in [5.74, 6) is 0.327. The average molecular weight is 341 g/mol. The van der Waals surface area contributed by atoms with Gasteiger partial charge in [-0.05, 0) is 37.8 Å². The van der Waals surface area contributed by atoms with Crippen LogP contribution in [0.25, 0.3) is 0 Å². The highest BCUT2D eigenvalue weighted by Crippen LogP contribution is 2.36. The number of amides is 1. The van der Waals surface area contributed by atoms with Gasteiger partial charge in [0.2, 0.25) is 5.91 Å². The molecule has 2 aliphatic heterocycles. The van der Waals surface area contributed by atoms with Crippen molar-refractivity contribution in [3.8, 4) is 0 Å². The van der Waals surface area contributed by atoms with E-state index in [-0.39, 0.29) is 24.4 Å². The zero-order valence-electron chi connectivity index (χ0n) is 13.3. The summed E-state index contributed by atoms with van der Waals surface area (Å²) in [7, 11) is -2.00. The van der Waals surface area contributed by atoms with Gasteiger partial charge >= 0.3 is 0 Å². The Labute approximate surface area is 136 Å². The van der Waals surface area contributed by atoms with E-state index in [1.807, 2.05) is 6.07 Å². The summed E-state index contributed by atoms with van der Waals surface area (Å²) >= 11 is 0. The van der Waals surface area contributed by atoms with Gasteiger partial charge in [0.1, 0.15) is 5.76 Å². The monoisotopic (exact) mass is 341 g/mol. The van der Waals surface area contributed by atoms with E-state index in [0.29, 0.717) is 25.3 Å². The third-order valence-electron chi connectivity index (χ3n) is 4.70. The summed E-state index contributed by atoms with van der Waals surface area (Å²) in [6, 6.07) is 3.36. The summed E-state index contributed by atoms with van der Waals surface area (Å²) in [5.41, 5.74) is 0. The second-order valence-electron chi connectivity index (χ2n) is 6.10. The van der Waals surface area contributed by atoms with Crippen molar-refractivity contribution < 1.29 is 17.6 Å². The third kappa shape index (κ3) is 3.15. The first kappa shape index (κ1) is 16.5. The number of rotatable bonds is 4. The number of nitrogens with one attached hydrogen (secondary N) is 1. The van der Waals surface area contributed by atoms with Crippen LogP contribution in [0.2, 0.25) is 0 Å². The van der Waals surface area contributed by atoms with Gasteiger partial charge in [0.25, 0.3) is 10.2 Å². The Hall–Kier alpha value is -1.38. The summed E-state index contributed by atoms with van der Waals surface area (Å²) in [5, 5.41) is 2.62. The first-order chi connectivity index (χ1) is 11.0. The number of nitrogens with zero attached hydrogens (tertiary/aromatic N) is 2. The molecule has 2 atom stereocenters. The van der Waals surface area contributed by atoms with Crippen LogP contribution in [0.3, 0.4) is 0 Å². The van der Waals surface area contributed by atoms with Gasteiger partial charge in [0, 0.05) is 26.7 Å². The van der Waals surface area contributed by atoms with Crippen LogP contribution in [0.15, 0.2) is 22.8 Å². The van der Waals surface area contributed by atoms with E-state index in [4.69, 9.17) is 4.42 Å². The molecular weight excluding hydrogens is 318 g/mol. The van der Waals surface area contributed by atoms with Gasteiger partial charge in [-0.15, -0.1) is 0 Å². The van der Waals surface area contributed by atoms with Crippen molar-refractivity contribution in [1.82, 2.24) is 13.9 Å². The number of carbonyl (C=O) groups excluding carboxylic acids is 1. The lowest BCUT2D eigenvalue weighted by Crippen LogP contribution is -2.50. The molecule has 128 valence electrons. The molecule has 1 amide bonds. The molecule has 0 saturated carbocycles. The maximum atomic E-state index is 13.0. The van der Waals surface area contributed by atoms with E-state index >= 15 is 0 Å². The van der Waals surface area contributed by atoms with Gasteiger partial charge < -0.3 is 9.73 Å². The molecule has 2 aliphatic rings. The highest BCUT2D eigenvalue weighted by atomic mass is 32.2. The van der Waals surface area contributed by atoms with Crippen LogP contribution in [0.5, 0.6) is 0 Å². The minimum Gasteiger partial charge on any atom is -0.468 e. The maximum Gasteiger partial charge on any atom is 0.282 e. The summed E-state index contributed by atoms with van der Waals surface area (Å²) in [4.78, 5) is 11.9. The number of furan rings is 1. The lowest BCUT2D eigenvalue weighted by Gasteiger charge is -2.35. The highest BCUT2D eigenvalue weighted by Gasteiger charge is 2.42. The predicted octanol–water partition coefficient (Wildman–Crippen LogP) is 1.12. The third-order valence-corrected chi connectivity index (χ3v) is 6.71. The first-order valence-electron chi connectivity index (χ1n) is 8.06. The Morgan fingerprint density at radius 1 is 1.30 bits per heavy atom. The first-order valence-corrected chi connectivity index (χ1v) is 9.45. The molecule has 0 spiro atoms. The van der Waals surface area contributed by atoms with Crippen LogP contribution in [-0.2, 0) is 15.0 Å². The minimum atomic E-state index is -3.58. The Balaban J connectivity index is 1.79. The molecule has 0 aromatic carbocycles.